The summed E-state index contributed by atoms with van der Waals surface area (Å²) in [6.07, 6.45) is 1.42. The Labute approximate surface area is 102 Å². The van der Waals surface area contributed by atoms with E-state index in [9.17, 15) is 4.79 Å². The Morgan fingerprint density at radius 3 is 2.88 bits per heavy atom. The van der Waals surface area contributed by atoms with Gasteiger partial charge in [0, 0.05) is 37.8 Å². The average molecular weight is 233 g/mol. The first-order valence-corrected chi connectivity index (χ1v) is 6.09. The van der Waals surface area contributed by atoms with E-state index in [2.05, 4.69) is 22.3 Å². The normalized spacial score (nSPS) is 19.4. The van der Waals surface area contributed by atoms with Gasteiger partial charge < -0.3 is 16.0 Å². The number of nitrogens with zero attached hydrogens (tertiary/aromatic N) is 1. The lowest BCUT2D eigenvalue weighted by atomic mass is 10.2. The first-order chi connectivity index (χ1) is 8.29. The lowest BCUT2D eigenvalue weighted by Gasteiger charge is -2.18. The number of rotatable bonds is 4. The van der Waals surface area contributed by atoms with Crippen LogP contribution in [0.5, 0.6) is 0 Å². The Bertz CT molecular complexity index is 366. The maximum atomic E-state index is 11.4. The summed E-state index contributed by atoms with van der Waals surface area (Å²) in [5.74, 6) is 0.0624. The Balaban J connectivity index is 1.86. The zero-order chi connectivity index (χ0) is 12.1. The smallest absolute Gasteiger partial charge is 0.221 e. The Morgan fingerprint density at radius 2 is 2.18 bits per heavy atom. The van der Waals surface area contributed by atoms with Crippen LogP contribution in [0.2, 0.25) is 0 Å². The SMILES string of the molecule is NCCC(=O)NC1CCN(c2ccccc2)C1. The van der Waals surface area contributed by atoms with Crippen molar-refractivity contribution in [2.24, 2.45) is 5.73 Å². The number of nitrogens with two attached hydrogens (primary N) is 1. The van der Waals surface area contributed by atoms with Gasteiger partial charge in [0.1, 0.15) is 0 Å². The van der Waals surface area contributed by atoms with Crippen LogP contribution < -0.4 is 16.0 Å². The highest BCUT2D eigenvalue weighted by Crippen LogP contribution is 2.19. The van der Waals surface area contributed by atoms with Crippen molar-refractivity contribution in [1.29, 1.82) is 0 Å². The number of amides is 1. The number of hydrogen-bond donors (Lipinski definition) is 2. The van der Waals surface area contributed by atoms with Crippen LogP contribution in [0.25, 0.3) is 0 Å². The van der Waals surface area contributed by atoms with Gasteiger partial charge in [-0.2, -0.15) is 0 Å². The molecule has 1 aliphatic rings. The van der Waals surface area contributed by atoms with Crippen molar-refractivity contribution in [3.63, 3.8) is 0 Å². The Morgan fingerprint density at radius 1 is 1.41 bits per heavy atom. The number of anilines is 1. The number of carbonyl (C=O) groups excluding carboxylic acids is 1. The van der Waals surface area contributed by atoms with Gasteiger partial charge >= 0.3 is 0 Å². The minimum absolute atomic E-state index is 0.0624. The van der Waals surface area contributed by atoms with E-state index in [-0.39, 0.29) is 11.9 Å². The zero-order valence-corrected chi connectivity index (χ0v) is 9.93. The van der Waals surface area contributed by atoms with Crippen LogP contribution in [-0.2, 0) is 4.79 Å². The quantitative estimate of drug-likeness (QED) is 0.806. The van der Waals surface area contributed by atoms with E-state index in [1.54, 1.807) is 0 Å². The molecule has 1 aromatic carbocycles. The van der Waals surface area contributed by atoms with Crippen LogP contribution in [0.4, 0.5) is 5.69 Å². The standard InChI is InChI=1S/C13H19N3O/c14-8-6-13(17)15-11-7-9-16(10-11)12-4-2-1-3-5-12/h1-5,11H,6-10,14H2,(H,15,17). The van der Waals surface area contributed by atoms with E-state index >= 15 is 0 Å². The van der Waals surface area contributed by atoms with E-state index in [0.29, 0.717) is 13.0 Å². The second-order valence-electron chi connectivity index (χ2n) is 4.37. The second kappa shape index (κ2) is 5.68. The van der Waals surface area contributed by atoms with Gasteiger partial charge in [0.2, 0.25) is 5.91 Å². The third-order valence-corrected chi connectivity index (χ3v) is 3.05. The summed E-state index contributed by atoms with van der Waals surface area (Å²) in [4.78, 5) is 13.7. The predicted octanol–water partition coefficient (Wildman–Crippen LogP) is 0.730. The van der Waals surface area contributed by atoms with Crippen LogP contribution in [0.15, 0.2) is 30.3 Å². The van der Waals surface area contributed by atoms with Gasteiger partial charge in [0.15, 0.2) is 0 Å². The van der Waals surface area contributed by atoms with Crippen molar-refractivity contribution in [2.45, 2.75) is 18.9 Å². The first kappa shape index (κ1) is 11.9. The summed E-state index contributed by atoms with van der Waals surface area (Å²) < 4.78 is 0. The van der Waals surface area contributed by atoms with E-state index in [1.807, 2.05) is 18.2 Å². The molecule has 0 saturated carbocycles. The van der Waals surface area contributed by atoms with E-state index < -0.39 is 0 Å². The Kier molecular flexibility index (Phi) is 3.98. The van der Waals surface area contributed by atoms with Crippen molar-refractivity contribution in [3.05, 3.63) is 30.3 Å². The third kappa shape index (κ3) is 3.20. The molecule has 2 rings (SSSR count). The van der Waals surface area contributed by atoms with Gasteiger partial charge in [-0.3, -0.25) is 4.79 Å². The molecule has 17 heavy (non-hydrogen) atoms. The van der Waals surface area contributed by atoms with Crippen LogP contribution in [-0.4, -0.2) is 31.6 Å². The molecular formula is C13H19N3O. The molecule has 1 atom stereocenters. The molecular weight excluding hydrogens is 214 g/mol. The molecule has 4 nitrogen and oxygen atoms in total. The van der Waals surface area contributed by atoms with Gasteiger partial charge in [0.05, 0.1) is 0 Å². The summed E-state index contributed by atoms with van der Waals surface area (Å²) in [7, 11) is 0. The van der Waals surface area contributed by atoms with Crippen molar-refractivity contribution < 1.29 is 4.79 Å². The lowest BCUT2D eigenvalue weighted by molar-refractivity contribution is -0.121. The number of para-hydroxylation sites is 1. The minimum atomic E-state index is 0.0624. The number of benzene rings is 1. The molecule has 1 amide bonds. The molecule has 1 fully saturated rings. The summed E-state index contributed by atoms with van der Waals surface area (Å²) in [5.41, 5.74) is 6.58. The van der Waals surface area contributed by atoms with E-state index in [1.165, 1.54) is 5.69 Å². The maximum absolute atomic E-state index is 11.4. The molecule has 0 aromatic heterocycles. The van der Waals surface area contributed by atoms with Crippen molar-refractivity contribution in [3.8, 4) is 0 Å². The second-order valence-corrected chi connectivity index (χ2v) is 4.37. The molecule has 3 N–H and O–H groups in total. The topological polar surface area (TPSA) is 58.4 Å². The van der Waals surface area contributed by atoms with Gasteiger partial charge in [-0.15, -0.1) is 0 Å². The summed E-state index contributed by atoms with van der Waals surface area (Å²) in [6.45, 7) is 2.30. The molecule has 1 unspecified atom stereocenters. The zero-order valence-electron chi connectivity index (χ0n) is 9.93. The van der Waals surface area contributed by atoms with Crippen LogP contribution in [0.3, 0.4) is 0 Å². The highest BCUT2D eigenvalue weighted by atomic mass is 16.1. The number of carbonyl (C=O) groups is 1. The molecule has 1 saturated heterocycles. The van der Waals surface area contributed by atoms with Crippen molar-refractivity contribution >= 4 is 11.6 Å². The maximum Gasteiger partial charge on any atom is 0.221 e. The fourth-order valence-corrected chi connectivity index (χ4v) is 2.18. The Hall–Kier alpha value is -1.55. The van der Waals surface area contributed by atoms with Gasteiger partial charge in [-0.05, 0) is 18.6 Å². The molecule has 0 bridgehead atoms. The summed E-state index contributed by atoms with van der Waals surface area (Å²) in [5, 5.41) is 3.02. The molecule has 1 aliphatic heterocycles. The van der Waals surface area contributed by atoms with Crippen LogP contribution in [0.1, 0.15) is 12.8 Å². The molecule has 4 heteroatoms. The van der Waals surface area contributed by atoms with Gasteiger partial charge in [-0.25, -0.2) is 0 Å². The minimum Gasteiger partial charge on any atom is -0.369 e. The monoisotopic (exact) mass is 233 g/mol. The molecule has 92 valence electrons. The van der Waals surface area contributed by atoms with Gasteiger partial charge in [-0.1, -0.05) is 18.2 Å². The molecule has 1 aromatic rings. The van der Waals surface area contributed by atoms with Gasteiger partial charge in [0.25, 0.3) is 0 Å². The lowest BCUT2D eigenvalue weighted by Crippen LogP contribution is -2.37. The predicted molar refractivity (Wildman–Crippen MR) is 68.9 cm³/mol. The third-order valence-electron chi connectivity index (χ3n) is 3.05. The molecule has 1 heterocycles. The highest BCUT2D eigenvalue weighted by Gasteiger charge is 2.23. The van der Waals surface area contributed by atoms with Crippen LogP contribution >= 0.6 is 0 Å². The van der Waals surface area contributed by atoms with Crippen LogP contribution in [0, 0.1) is 0 Å². The summed E-state index contributed by atoms with van der Waals surface area (Å²) >= 11 is 0. The van der Waals surface area contributed by atoms with Crippen molar-refractivity contribution in [2.75, 3.05) is 24.5 Å². The largest absolute Gasteiger partial charge is 0.369 e. The summed E-state index contributed by atoms with van der Waals surface area (Å²) in [6, 6.07) is 10.5. The average Bonchev–Trinajstić information content (AvgIpc) is 2.79. The number of nitrogens with one attached hydrogen (secondary N) is 1. The van der Waals surface area contributed by atoms with E-state index in [4.69, 9.17) is 5.73 Å². The van der Waals surface area contributed by atoms with E-state index in [0.717, 1.165) is 19.5 Å². The fourth-order valence-electron chi connectivity index (χ4n) is 2.18. The van der Waals surface area contributed by atoms with Crippen molar-refractivity contribution in [1.82, 2.24) is 5.32 Å². The fraction of sp³-hybridized carbons (Fsp3) is 0.462. The molecule has 0 spiro atoms. The molecule has 0 radical (unpaired) electrons. The first-order valence-electron chi connectivity index (χ1n) is 6.09. The highest BCUT2D eigenvalue weighted by molar-refractivity contribution is 5.76. The number of hydrogen-bond acceptors (Lipinski definition) is 3. The molecule has 0 aliphatic carbocycles.